The number of aromatic nitrogens is 2. The van der Waals surface area contributed by atoms with Crippen molar-refractivity contribution in [2.45, 2.75) is 0 Å². The van der Waals surface area contributed by atoms with Crippen molar-refractivity contribution >= 4 is 29.1 Å². The van der Waals surface area contributed by atoms with E-state index in [-0.39, 0.29) is 5.75 Å². The molecule has 0 atom stereocenters. The van der Waals surface area contributed by atoms with E-state index in [2.05, 4.69) is 16.7 Å². The van der Waals surface area contributed by atoms with Gasteiger partial charge in [0, 0.05) is 18.0 Å². The number of carbonyl (C=O) groups excluding carboxylic acids is 1. The maximum Gasteiger partial charge on any atom is 0.208 e. The van der Waals surface area contributed by atoms with Crippen LogP contribution in [-0.2, 0) is 4.79 Å². The monoisotopic (exact) mass is 166 g/mol. The average Bonchev–Trinajstić information content (AvgIpc) is 2.20. The molecule has 0 aromatic carbocycles. The Morgan fingerprint density at radius 2 is 2.22 bits per heavy atom. The number of halogens is 2. The highest BCUT2D eigenvalue weighted by molar-refractivity contribution is 6.54. The molecule has 1 rings (SSSR count). The van der Waals surface area contributed by atoms with Gasteiger partial charge in [-0.3, -0.25) is 4.79 Å². The van der Waals surface area contributed by atoms with Gasteiger partial charge in [0.1, 0.15) is 0 Å². The summed E-state index contributed by atoms with van der Waals surface area (Å²) in [4.78, 5) is 8.57. The van der Waals surface area contributed by atoms with E-state index in [1.54, 1.807) is 18.5 Å². The standard InChI is InChI=1S/C3H3ClN2.CHClO/c4-6-3-1-2-5-6;2-1-3/h1-3H;1H. The molecule has 0 aliphatic heterocycles. The number of hydrogen-bond donors (Lipinski definition) is 0. The molecule has 5 heteroatoms. The van der Waals surface area contributed by atoms with Crippen molar-refractivity contribution in [2.24, 2.45) is 0 Å². The zero-order valence-corrected chi connectivity index (χ0v) is 5.88. The van der Waals surface area contributed by atoms with Gasteiger partial charge in [-0.05, 0) is 17.7 Å². The van der Waals surface area contributed by atoms with E-state index in [4.69, 9.17) is 16.6 Å². The quantitative estimate of drug-likeness (QED) is 0.431. The van der Waals surface area contributed by atoms with Crippen LogP contribution in [0.4, 0.5) is 0 Å². The van der Waals surface area contributed by atoms with Gasteiger partial charge in [-0.15, -0.1) is 0 Å². The third-order valence-corrected chi connectivity index (χ3v) is 0.672. The van der Waals surface area contributed by atoms with Crippen LogP contribution in [-0.4, -0.2) is 15.0 Å². The smallest absolute Gasteiger partial charge is 0.208 e. The number of hydrogen-bond acceptors (Lipinski definition) is 2. The van der Waals surface area contributed by atoms with Crippen LogP contribution in [0.1, 0.15) is 0 Å². The Kier molecular flexibility index (Phi) is 5.26. The lowest BCUT2D eigenvalue weighted by Gasteiger charge is -1.71. The molecule has 0 radical (unpaired) electrons. The highest BCUT2D eigenvalue weighted by Gasteiger charge is 1.72. The lowest BCUT2D eigenvalue weighted by atomic mass is 10.8. The van der Waals surface area contributed by atoms with Crippen molar-refractivity contribution in [1.82, 2.24) is 9.30 Å². The van der Waals surface area contributed by atoms with Gasteiger partial charge in [-0.1, -0.05) is 0 Å². The predicted octanol–water partition coefficient (Wildman–Crippen LogP) is 1.30. The Morgan fingerprint density at radius 3 is 2.33 bits per heavy atom. The molecule has 1 aromatic rings. The molecule has 3 nitrogen and oxygen atoms in total. The summed E-state index contributed by atoms with van der Waals surface area (Å²) in [6, 6.07) is 1.76. The van der Waals surface area contributed by atoms with Gasteiger partial charge in [0.25, 0.3) is 0 Å². The minimum Gasteiger partial charge on any atom is -0.285 e. The molecular formula is C4H4Cl2N2O. The second-order valence-electron chi connectivity index (χ2n) is 0.984. The largest absolute Gasteiger partial charge is 0.285 e. The second kappa shape index (κ2) is 5.59. The molecule has 0 saturated carbocycles. The van der Waals surface area contributed by atoms with Gasteiger partial charge >= 0.3 is 0 Å². The third-order valence-electron chi connectivity index (χ3n) is 0.472. The van der Waals surface area contributed by atoms with E-state index < -0.39 is 0 Å². The van der Waals surface area contributed by atoms with Gasteiger partial charge in [-0.25, -0.2) is 0 Å². The van der Waals surface area contributed by atoms with Crippen molar-refractivity contribution in [3.8, 4) is 0 Å². The van der Waals surface area contributed by atoms with Crippen molar-refractivity contribution < 1.29 is 4.79 Å². The van der Waals surface area contributed by atoms with Gasteiger partial charge in [0.2, 0.25) is 5.75 Å². The first-order chi connectivity index (χ1) is 4.31. The second-order valence-corrected chi connectivity index (χ2v) is 1.51. The van der Waals surface area contributed by atoms with E-state index in [9.17, 15) is 0 Å². The summed E-state index contributed by atoms with van der Waals surface area (Å²) in [5.74, 6) is 0.222. The van der Waals surface area contributed by atoms with Crippen LogP contribution in [0.3, 0.4) is 0 Å². The van der Waals surface area contributed by atoms with Crippen LogP contribution in [0.25, 0.3) is 0 Å². The highest BCUT2D eigenvalue weighted by Crippen LogP contribution is 1.82. The lowest BCUT2D eigenvalue weighted by molar-refractivity contribution is 0.569. The molecule has 0 aliphatic carbocycles. The first kappa shape index (κ1) is 8.46. The molecule has 1 aromatic heterocycles. The molecule has 50 valence electrons. The van der Waals surface area contributed by atoms with Crippen LogP contribution in [0, 0.1) is 0 Å². The fraction of sp³-hybridized carbons (Fsp3) is 0. The zero-order chi connectivity index (χ0) is 7.11. The van der Waals surface area contributed by atoms with E-state index in [1.807, 2.05) is 0 Å². The Bertz CT molecular complexity index is 152. The molecule has 0 aliphatic rings. The Hall–Kier alpha value is -0.540. The maximum absolute atomic E-state index is 8.57. The van der Waals surface area contributed by atoms with Crippen molar-refractivity contribution in [3.05, 3.63) is 18.5 Å². The number of rotatable bonds is 0. The Labute approximate surface area is 62.3 Å². The summed E-state index contributed by atoms with van der Waals surface area (Å²) in [5.41, 5.74) is 0. The summed E-state index contributed by atoms with van der Waals surface area (Å²) in [6.07, 6.45) is 3.27. The Balaban J connectivity index is 0.000000187. The molecule has 1 heterocycles. The third kappa shape index (κ3) is 5.33. The normalized spacial score (nSPS) is 7.33. The Morgan fingerprint density at radius 1 is 1.67 bits per heavy atom. The van der Waals surface area contributed by atoms with Crippen LogP contribution in [0.2, 0.25) is 0 Å². The van der Waals surface area contributed by atoms with Gasteiger partial charge < -0.3 is 0 Å². The lowest BCUT2D eigenvalue weighted by Crippen LogP contribution is -1.73. The molecule has 0 fully saturated rings. The minimum atomic E-state index is 0.222. The van der Waals surface area contributed by atoms with Crippen LogP contribution >= 0.6 is 23.4 Å². The van der Waals surface area contributed by atoms with E-state index in [1.165, 1.54) is 4.20 Å². The molecule has 9 heavy (non-hydrogen) atoms. The fourth-order valence-electron chi connectivity index (χ4n) is 0.250. The highest BCUT2D eigenvalue weighted by atomic mass is 35.5. The van der Waals surface area contributed by atoms with Crippen LogP contribution in [0.15, 0.2) is 18.5 Å². The molecular weight excluding hydrogens is 163 g/mol. The van der Waals surface area contributed by atoms with E-state index >= 15 is 0 Å². The summed E-state index contributed by atoms with van der Waals surface area (Å²) in [7, 11) is 0. The summed E-state index contributed by atoms with van der Waals surface area (Å²) >= 11 is 9.58. The predicted molar refractivity (Wildman–Crippen MR) is 36.1 cm³/mol. The van der Waals surface area contributed by atoms with Gasteiger partial charge in [0.15, 0.2) is 0 Å². The summed E-state index contributed by atoms with van der Waals surface area (Å²) in [6.45, 7) is 0. The molecule has 0 amide bonds. The van der Waals surface area contributed by atoms with Gasteiger partial charge in [0.05, 0.1) is 6.20 Å². The summed E-state index contributed by atoms with van der Waals surface area (Å²) < 4.78 is 1.22. The van der Waals surface area contributed by atoms with Crippen LogP contribution < -0.4 is 0 Å². The van der Waals surface area contributed by atoms with E-state index in [0.29, 0.717) is 0 Å². The number of nitrogens with zero attached hydrogens (tertiary/aromatic N) is 2. The minimum absolute atomic E-state index is 0.222. The van der Waals surface area contributed by atoms with Crippen molar-refractivity contribution in [2.75, 3.05) is 0 Å². The molecule has 0 unspecified atom stereocenters. The molecule has 0 bridgehead atoms. The molecule has 0 saturated heterocycles. The first-order valence-electron chi connectivity index (χ1n) is 2.01. The maximum atomic E-state index is 8.57. The number of carbonyl (C=O) groups is 1. The molecule has 0 spiro atoms. The fourth-order valence-corrected chi connectivity index (χ4v) is 0.366. The summed E-state index contributed by atoms with van der Waals surface area (Å²) in [5, 5.41) is 3.60. The van der Waals surface area contributed by atoms with Crippen molar-refractivity contribution in [3.63, 3.8) is 0 Å². The zero-order valence-electron chi connectivity index (χ0n) is 4.37. The average molecular weight is 167 g/mol. The molecule has 0 N–H and O–H groups in total. The van der Waals surface area contributed by atoms with E-state index in [0.717, 1.165) is 0 Å². The SMILES string of the molecule is Cln1cccn1.O=CCl. The van der Waals surface area contributed by atoms with Gasteiger partial charge in [-0.2, -0.15) is 9.30 Å². The first-order valence-corrected chi connectivity index (χ1v) is 2.78. The van der Waals surface area contributed by atoms with Crippen molar-refractivity contribution in [1.29, 1.82) is 0 Å². The topological polar surface area (TPSA) is 34.9 Å². The van der Waals surface area contributed by atoms with Crippen LogP contribution in [0.5, 0.6) is 0 Å².